The van der Waals surface area contributed by atoms with Gasteiger partial charge in [0.2, 0.25) is 6.23 Å². The van der Waals surface area contributed by atoms with E-state index in [0.29, 0.717) is 4.57 Å². The van der Waals surface area contributed by atoms with E-state index in [9.17, 15) is 23.5 Å². The summed E-state index contributed by atoms with van der Waals surface area (Å²) in [5.74, 6) is -3.99. The summed E-state index contributed by atoms with van der Waals surface area (Å²) in [5.41, 5.74) is -1.13. The van der Waals surface area contributed by atoms with Crippen molar-refractivity contribution in [2.45, 2.75) is 31.3 Å². The molecule has 3 atom stereocenters. The van der Waals surface area contributed by atoms with E-state index >= 15 is 0 Å². The van der Waals surface area contributed by atoms with Crippen LogP contribution in [0.25, 0.3) is 0 Å². The molecule has 1 saturated heterocycles. The predicted octanol–water partition coefficient (Wildman–Crippen LogP) is -0.302. The summed E-state index contributed by atoms with van der Waals surface area (Å²) in [6.45, 7) is 0.844. The zero-order valence-electron chi connectivity index (χ0n) is 12.0. The predicted molar refractivity (Wildman–Crippen MR) is 71.1 cm³/mol. The van der Waals surface area contributed by atoms with E-state index in [2.05, 4.69) is 15.0 Å². The van der Waals surface area contributed by atoms with E-state index in [1.807, 2.05) is 0 Å². The molecule has 1 fully saturated rings. The summed E-state index contributed by atoms with van der Waals surface area (Å²) < 4.78 is 37.8. The Hall–Kier alpha value is -2.11. The largest absolute Gasteiger partial charge is 0.450 e. The first-order valence-electron chi connectivity index (χ1n) is 6.66. The summed E-state index contributed by atoms with van der Waals surface area (Å²) in [6.07, 6.45) is -5.83. The van der Waals surface area contributed by atoms with Gasteiger partial charge in [-0.3, -0.25) is 9.88 Å². The molecule has 0 spiro atoms. The molecule has 2 rings (SSSR count). The lowest BCUT2D eigenvalue weighted by atomic mass is 10.1. The topological polar surface area (TPSA) is 123 Å². The van der Waals surface area contributed by atoms with Crippen molar-refractivity contribution in [2.75, 3.05) is 18.5 Å². The molecule has 3 N–H and O–H groups in total. The highest BCUT2D eigenvalue weighted by molar-refractivity contribution is 5.83. The number of aromatic nitrogens is 2. The summed E-state index contributed by atoms with van der Waals surface area (Å²) in [4.78, 5) is 26.5. The Morgan fingerprint density at radius 1 is 1.61 bits per heavy atom. The number of aliphatic hydroxyl groups is 2. The number of anilines is 1. The molecule has 2 heterocycles. The Morgan fingerprint density at radius 3 is 2.83 bits per heavy atom. The standard InChI is InChI=1S/C12H15F2N3O6/c1-2-22-11(21)16-7-3-4-17(10(20)15-7)9-12(13,14)8(19)6(5-18)23-9/h3-4,6,8-9,18-19H,2,5H2,1H3,(H,15,16,20,21)/t6?,8-,9-/m1/s1. The monoisotopic (exact) mass is 335 g/mol. The lowest BCUT2D eigenvalue weighted by Gasteiger charge is -2.21. The van der Waals surface area contributed by atoms with Gasteiger partial charge >= 0.3 is 17.7 Å². The number of halogens is 2. The van der Waals surface area contributed by atoms with Gasteiger partial charge in [0.15, 0.2) is 6.10 Å². The van der Waals surface area contributed by atoms with E-state index in [4.69, 9.17) is 9.84 Å². The molecule has 1 aromatic rings. The minimum Gasteiger partial charge on any atom is -0.450 e. The maximum absolute atomic E-state index is 14.0. The fraction of sp³-hybridized carbons (Fsp3) is 0.583. The number of carbonyl (C=O) groups is 1. The Labute approximate surface area is 128 Å². The summed E-state index contributed by atoms with van der Waals surface area (Å²) in [7, 11) is 0. The molecule has 1 amide bonds. The second-order valence-electron chi connectivity index (χ2n) is 4.68. The third-order valence-corrected chi connectivity index (χ3v) is 3.15. The van der Waals surface area contributed by atoms with Gasteiger partial charge in [0.05, 0.1) is 13.2 Å². The maximum Gasteiger partial charge on any atom is 0.412 e. The number of alkyl halides is 2. The number of ether oxygens (including phenoxy) is 2. The normalized spacial score (nSPS) is 26.0. The summed E-state index contributed by atoms with van der Waals surface area (Å²) >= 11 is 0. The number of hydrogen-bond donors (Lipinski definition) is 3. The quantitative estimate of drug-likeness (QED) is 0.690. The highest BCUT2D eigenvalue weighted by Crippen LogP contribution is 2.41. The van der Waals surface area contributed by atoms with Gasteiger partial charge < -0.3 is 19.7 Å². The van der Waals surface area contributed by atoms with Gasteiger partial charge in [-0.25, -0.2) is 9.59 Å². The van der Waals surface area contributed by atoms with Crippen molar-refractivity contribution in [1.82, 2.24) is 9.55 Å². The van der Waals surface area contributed by atoms with Gasteiger partial charge in [-0.2, -0.15) is 13.8 Å². The minimum atomic E-state index is -3.80. The molecule has 0 saturated carbocycles. The van der Waals surface area contributed by atoms with Crippen molar-refractivity contribution < 1.29 is 33.3 Å². The second kappa shape index (κ2) is 6.56. The van der Waals surface area contributed by atoms with Gasteiger partial charge in [-0.15, -0.1) is 0 Å². The molecule has 0 aliphatic carbocycles. The van der Waals surface area contributed by atoms with Crippen LogP contribution < -0.4 is 11.0 Å². The molecule has 0 aromatic carbocycles. The average Bonchev–Trinajstić information content (AvgIpc) is 2.70. The molecule has 11 heteroatoms. The number of rotatable bonds is 4. The third kappa shape index (κ3) is 3.30. The highest BCUT2D eigenvalue weighted by atomic mass is 19.3. The van der Waals surface area contributed by atoms with Crippen molar-refractivity contribution in [1.29, 1.82) is 0 Å². The Bertz CT molecular complexity index is 637. The van der Waals surface area contributed by atoms with Gasteiger partial charge in [0.1, 0.15) is 11.9 Å². The average molecular weight is 335 g/mol. The maximum atomic E-state index is 14.0. The lowest BCUT2D eigenvalue weighted by Crippen LogP contribution is -2.41. The fourth-order valence-electron chi connectivity index (χ4n) is 2.05. The summed E-state index contributed by atoms with van der Waals surface area (Å²) in [6, 6.07) is 1.09. The molecule has 1 aliphatic rings. The van der Waals surface area contributed by atoms with Crippen LogP contribution in [-0.4, -0.2) is 57.2 Å². The van der Waals surface area contributed by atoms with Gasteiger partial charge in [-0.05, 0) is 13.0 Å². The first kappa shape index (κ1) is 17.2. The molecule has 23 heavy (non-hydrogen) atoms. The van der Waals surface area contributed by atoms with Crippen molar-refractivity contribution in [3.8, 4) is 0 Å². The molecule has 0 bridgehead atoms. The highest BCUT2D eigenvalue weighted by Gasteiger charge is 2.59. The van der Waals surface area contributed by atoms with Crippen molar-refractivity contribution in [3.05, 3.63) is 22.7 Å². The minimum absolute atomic E-state index is 0.103. The van der Waals surface area contributed by atoms with Crippen LogP contribution in [0.3, 0.4) is 0 Å². The first-order chi connectivity index (χ1) is 10.8. The number of carbonyl (C=O) groups excluding carboxylic acids is 1. The molecule has 1 aromatic heterocycles. The van der Waals surface area contributed by atoms with Gasteiger partial charge in [-0.1, -0.05) is 0 Å². The second-order valence-corrected chi connectivity index (χ2v) is 4.68. The molecule has 9 nitrogen and oxygen atoms in total. The van der Waals surface area contributed by atoms with Crippen LogP contribution >= 0.6 is 0 Å². The van der Waals surface area contributed by atoms with Crippen LogP contribution in [0.5, 0.6) is 0 Å². The summed E-state index contributed by atoms with van der Waals surface area (Å²) in [5, 5.41) is 20.5. The van der Waals surface area contributed by atoms with Crippen LogP contribution in [-0.2, 0) is 9.47 Å². The lowest BCUT2D eigenvalue weighted by molar-refractivity contribution is -0.140. The molecule has 1 aliphatic heterocycles. The number of nitrogens with one attached hydrogen (secondary N) is 1. The molecule has 0 radical (unpaired) electrons. The fourth-order valence-corrected chi connectivity index (χ4v) is 2.05. The van der Waals surface area contributed by atoms with Crippen LogP contribution in [0.15, 0.2) is 17.1 Å². The molecule has 128 valence electrons. The number of hydrogen-bond acceptors (Lipinski definition) is 7. The van der Waals surface area contributed by atoms with E-state index in [-0.39, 0.29) is 12.4 Å². The van der Waals surface area contributed by atoms with Crippen LogP contribution in [0.1, 0.15) is 13.2 Å². The van der Waals surface area contributed by atoms with E-state index in [0.717, 1.165) is 12.3 Å². The zero-order valence-corrected chi connectivity index (χ0v) is 12.0. The molecular weight excluding hydrogens is 320 g/mol. The van der Waals surface area contributed by atoms with Crippen molar-refractivity contribution in [3.63, 3.8) is 0 Å². The zero-order chi connectivity index (χ0) is 17.2. The SMILES string of the molecule is CCOC(=O)Nc1ccn([C@@H]2OC(CO)[C@@H](O)C2(F)F)c(=O)n1. The van der Waals surface area contributed by atoms with Gasteiger partial charge in [0, 0.05) is 6.20 Å². The van der Waals surface area contributed by atoms with Crippen LogP contribution in [0.4, 0.5) is 19.4 Å². The third-order valence-electron chi connectivity index (χ3n) is 3.15. The van der Waals surface area contributed by atoms with Crippen LogP contribution in [0.2, 0.25) is 0 Å². The Balaban J connectivity index is 2.24. The van der Waals surface area contributed by atoms with E-state index in [1.54, 1.807) is 6.92 Å². The molecular formula is C12H15F2N3O6. The van der Waals surface area contributed by atoms with Gasteiger partial charge in [0.25, 0.3) is 0 Å². The van der Waals surface area contributed by atoms with Crippen LogP contribution in [0, 0.1) is 0 Å². The Morgan fingerprint density at radius 2 is 2.30 bits per heavy atom. The van der Waals surface area contributed by atoms with Crippen molar-refractivity contribution >= 4 is 11.9 Å². The smallest absolute Gasteiger partial charge is 0.412 e. The van der Waals surface area contributed by atoms with E-state index < -0.39 is 42.7 Å². The first-order valence-corrected chi connectivity index (χ1v) is 6.66. The number of aliphatic hydroxyl groups excluding tert-OH is 2. The van der Waals surface area contributed by atoms with Crippen molar-refractivity contribution in [2.24, 2.45) is 0 Å². The van der Waals surface area contributed by atoms with E-state index in [1.165, 1.54) is 0 Å². The number of amides is 1. The number of nitrogens with zero attached hydrogens (tertiary/aromatic N) is 2. The molecule has 1 unspecified atom stereocenters. The Kier molecular flexibility index (Phi) is 4.92.